The number of phenols is 2. The Labute approximate surface area is 110 Å². The van der Waals surface area contributed by atoms with Crippen LogP contribution in [0.2, 0.25) is 0 Å². The molecule has 19 heavy (non-hydrogen) atoms. The maximum Gasteiger partial charge on any atom is 0.161 e. The third kappa shape index (κ3) is 2.82. The zero-order valence-corrected chi connectivity index (χ0v) is 10.6. The van der Waals surface area contributed by atoms with Crippen LogP contribution >= 0.6 is 0 Å². The highest BCUT2D eigenvalue weighted by atomic mass is 16.5. The molecule has 5 heteroatoms. The molecular weight excluding hydrogens is 248 g/mol. The number of hydrogen-bond donors (Lipinski definition) is 2. The van der Waals surface area contributed by atoms with Crippen molar-refractivity contribution in [2.45, 2.75) is 0 Å². The zero-order chi connectivity index (χ0) is 13.8. The molecule has 0 atom stereocenters. The summed E-state index contributed by atoms with van der Waals surface area (Å²) < 4.78 is 15.4. The van der Waals surface area contributed by atoms with Crippen LogP contribution in [0.25, 0.3) is 0 Å². The Hall–Kier alpha value is -2.56. The van der Waals surface area contributed by atoms with Crippen molar-refractivity contribution in [3.8, 4) is 34.5 Å². The molecule has 100 valence electrons. The highest BCUT2D eigenvalue weighted by Gasteiger charge is 2.07. The molecule has 0 amide bonds. The molecule has 0 saturated heterocycles. The molecule has 0 spiro atoms. The van der Waals surface area contributed by atoms with Crippen molar-refractivity contribution >= 4 is 0 Å². The van der Waals surface area contributed by atoms with Gasteiger partial charge in [0.05, 0.1) is 14.2 Å². The molecule has 5 nitrogen and oxygen atoms in total. The van der Waals surface area contributed by atoms with Gasteiger partial charge in [-0.25, -0.2) is 0 Å². The van der Waals surface area contributed by atoms with Gasteiger partial charge < -0.3 is 24.4 Å². The summed E-state index contributed by atoms with van der Waals surface area (Å²) in [5.41, 5.74) is 0. The van der Waals surface area contributed by atoms with Gasteiger partial charge in [-0.3, -0.25) is 0 Å². The third-order valence-electron chi connectivity index (χ3n) is 2.54. The van der Waals surface area contributed by atoms with Crippen molar-refractivity contribution in [3.05, 3.63) is 36.4 Å². The van der Waals surface area contributed by atoms with Crippen molar-refractivity contribution < 1.29 is 24.4 Å². The molecule has 0 aliphatic carbocycles. The van der Waals surface area contributed by atoms with Crippen LogP contribution in [0.15, 0.2) is 36.4 Å². The Balaban J connectivity index is 2.21. The van der Waals surface area contributed by atoms with Crippen LogP contribution in [0.4, 0.5) is 0 Å². The third-order valence-corrected chi connectivity index (χ3v) is 2.54. The topological polar surface area (TPSA) is 68.2 Å². The Morgan fingerprint density at radius 1 is 0.737 bits per heavy atom. The predicted octanol–water partition coefficient (Wildman–Crippen LogP) is 2.91. The first-order chi connectivity index (χ1) is 9.13. The maximum absolute atomic E-state index is 9.63. The van der Waals surface area contributed by atoms with Gasteiger partial charge in [0.2, 0.25) is 0 Å². The Kier molecular flexibility index (Phi) is 3.66. The number of benzene rings is 2. The minimum absolute atomic E-state index is 0.0160. The van der Waals surface area contributed by atoms with Crippen LogP contribution in [-0.4, -0.2) is 24.4 Å². The normalized spacial score (nSPS) is 10.0. The second-order valence-corrected chi connectivity index (χ2v) is 3.77. The molecule has 2 rings (SSSR count). The van der Waals surface area contributed by atoms with Crippen molar-refractivity contribution in [3.63, 3.8) is 0 Å². The Morgan fingerprint density at radius 3 is 1.47 bits per heavy atom. The molecule has 0 fully saturated rings. The second-order valence-electron chi connectivity index (χ2n) is 3.77. The lowest BCUT2D eigenvalue weighted by molar-refractivity contribution is 0.367. The Bertz CT molecular complexity index is 529. The fourth-order valence-corrected chi connectivity index (χ4v) is 1.60. The summed E-state index contributed by atoms with van der Waals surface area (Å²) in [6.45, 7) is 0. The Morgan fingerprint density at radius 2 is 1.16 bits per heavy atom. The summed E-state index contributed by atoms with van der Waals surface area (Å²) in [5, 5.41) is 19.3. The quantitative estimate of drug-likeness (QED) is 0.886. The molecule has 0 radical (unpaired) electrons. The average Bonchev–Trinajstić information content (AvgIpc) is 2.39. The summed E-state index contributed by atoms with van der Waals surface area (Å²) in [5.74, 6) is 1.57. The van der Waals surface area contributed by atoms with Gasteiger partial charge in [-0.05, 0) is 24.3 Å². The fraction of sp³-hybridized carbons (Fsp3) is 0.143. The summed E-state index contributed by atoms with van der Waals surface area (Å²) in [6.07, 6.45) is 0. The lowest BCUT2D eigenvalue weighted by atomic mass is 10.3. The maximum atomic E-state index is 9.63. The molecule has 0 bridgehead atoms. The van der Waals surface area contributed by atoms with E-state index in [0.29, 0.717) is 23.0 Å². The molecule has 2 aromatic rings. The minimum atomic E-state index is -0.0160. The van der Waals surface area contributed by atoms with Gasteiger partial charge in [0.15, 0.2) is 23.0 Å². The van der Waals surface area contributed by atoms with Gasteiger partial charge in [-0.2, -0.15) is 0 Å². The first-order valence-electron chi connectivity index (χ1n) is 5.56. The lowest BCUT2D eigenvalue weighted by Crippen LogP contribution is -1.88. The molecule has 0 aliphatic rings. The van der Waals surface area contributed by atoms with E-state index in [0.717, 1.165) is 0 Å². The zero-order valence-electron chi connectivity index (χ0n) is 10.6. The monoisotopic (exact) mass is 262 g/mol. The second kappa shape index (κ2) is 5.39. The summed E-state index contributed by atoms with van der Waals surface area (Å²) >= 11 is 0. The first-order valence-corrected chi connectivity index (χ1v) is 5.56. The number of ether oxygens (including phenoxy) is 3. The van der Waals surface area contributed by atoms with Gasteiger partial charge in [0.1, 0.15) is 11.5 Å². The summed E-state index contributed by atoms with van der Waals surface area (Å²) in [7, 11) is 2.94. The first kappa shape index (κ1) is 12.9. The van der Waals surface area contributed by atoms with Crippen LogP contribution in [0, 0.1) is 0 Å². The standard InChI is InChI=1S/C14H14O5/c1-17-13-5-3-9(7-11(13)15)19-10-4-6-14(18-2)12(16)8-10/h3-8,15-16H,1-2H3. The van der Waals surface area contributed by atoms with E-state index in [2.05, 4.69) is 0 Å². The number of aromatic hydroxyl groups is 2. The summed E-state index contributed by atoms with van der Waals surface area (Å²) in [4.78, 5) is 0. The van der Waals surface area contributed by atoms with Crippen LogP contribution in [0.1, 0.15) is 0 Å². The van der Waals surface area contributed by atoms with E-state index in [4.69, 9.17) is 14.2 Å². The number of hydrogen-bond acceptors (Lipinski definition) is 5. The van der Waals surface area contributed by atoms with Gasteiger partial charge in [-0.15, -0.1) is 0 Å². The lowest BCUT2D eigenvalue weighted by Gasteiger charge is -2.09. The van der Waals surface area contributed by atoms with Crippen LogP contribution < -0.4 is 14.2 Å². The fourth-order valence-electron chi connectivity index (χ4n) is 1.60. The van der Waals surface area contributed by atoms with E-state index in [-0.39, 0.29) is 11.5 Å². The van der Waals surface area contributed by atoms with Crippen molar-refractivity contribution in [1.29, 1.82) is 0 Å². The van der Waals surface area contributed by atoms with Crippen LogP contribution in [0.3, 0.4) is 0 Å². The van der Waals surface area contributed by atoms with E-state index in [1.54, 1.807) is 24.3 Å². The van der Waals surface area contributed by atoms with Crippen molar-refractivity contribution in [2.75, 3.05) is 14.2 Å². The van der Waals surface area contributed by atoms with Crippen molar-refractivity contribution in [2.24, 2.45) is 0 Å². The highest BCUT2D eigenvalue weighted by molar-refractivity contribution is 5.48. The molecule has 0 saturated carbocycles. The average molecular weight is 262 g/mol. The van der Waals surface area contributed by atoms with Gasteiger partial charge >= 0.3 is 0 Å². The van der Waals surface area contributed by atoms with E-state index >= 15 is 0 Å². The molecule has 0 aromatic heterocycles. The van der Waals surface area contributed by atoms with E-state index < -0.39 is 0 Å². The summed E-state index contributed by atoms with van der Waals surface area (Å²) in [6, 6.07) is 9.35. The smallest absolute Gasteiger partial charge is 0.161 e. The highest BCUT2D eigenvalue weighted by Crippen LogP contribution is 2.35. The number of rotatable bonds is 4. The largest absolute Gasteiger partial charge is 0.504 e. The van der Waals surface area contributed by atoms with Gasteiger partial charge in [0, 0.05) is 12.1 Å². The van der Waals surface area contributed by atoms with Crippen molar-refractivity contribution in [1.82, 2.24) is 0 Å². The molecule has 0 heterocycles. The molecule has 2 aromatic carbocycles. The molecular formula is C14H14O5. The number of phenolic OH excluding ortho intramolecular Hbond substituents is 2. The molecule has 0 aliphatic heterocycles. The van der Waals surface area contributed by atoms with E-state index in [1.807, 2.05) is 0 Å². The minimum Gasteiger partial charge on any atom is -0.504 e. The van der Waals surface area contributed by atoms with E-state index in [9.17, 15) is 10.2 Å². The molecule has 0 unspecified atom stereocenters. The van der Waals surface area contributed by atoms with Crippen LogP contribution in [0.5, 0.6) is 34.5 Å². The molecule has 2 N–H and O–H groups in total. The van der Waals surface area contributed by atoms with Gasteiger partial charge in [0.25, 0.3) is 0 Å². The predicted molar refractivity (Wildman–Crippen MR) is 69.4 cm³/mol. The van der Waals surface area contributed by atoms with Crippen LogP contribution in [-0.2, 0) is 0 Å². The SMILES string of the molecule is COc1ccc(Oc2ccc(OC)c(O)c2)cc1O. The van der Waals surface area contributed by atoms with Gasteiger partial charge in [-0.1, -0.05) is 0 Å². The number of methoxy groups -OCH3 is 2. The van der Waals surface area contributed by atoms with E-state index in [1.165, 1.54) is 26.4 Å².